The zero-order valence-corrected chi connectivity index (χ0v) is 24.1. The molecule has 40 heavy (non-hydrogen) atoms. The van der Waals surface area contributed by atoms with Crippen LogP contribution in [0.1, 0.15) is 40.3 Å². The summed E-state index contributed by atoms with van der Waals surface area (Å²) in [6, 6.07) is 21.8. The Kier molecular flexibility index (Phi) is 7.86. The van der Waals surface area contributed by atoms with Gasteiger partial charge in [-0.3, -0.25) is 9.78 Å². The number of hydrogen-bond donors (Lipinski definition) is 2. The van der Waals surface area contributed by atoms with Crippen molar-refractivity contribution in [3.05, 3.63) is 101 Å². The van der Waals surface area contributed by atoms with Gasteiger partial charge in [-0.25, -0.2) is 0 Å². The lowest BCUT2D eigenvalue weighted by Gasteiger charge is -2.29. The normalized spacial score (nSPS) is 16.6. The first-order valence-corrected chi connectivity index (χ1v) is 13.5. The summed E-state index contributed by atoms with van der Waals surface area (Å²) in [5.41, 5.74) is 7.86. The number of pyridine rings is 1. The molecule has 2 atom stereocenters. The first-order chi connectivity index (χ1) is 19.3. The van der Waals surface area contributed by atoms with Gasteiger partial charge in [0.15, 0.2) is 5.11 Å². The molecule has 2 aromatic carbocycles. The van der Waals surface area contributed by atoms with Crippen LogP contribution in [0.5, 0.6) is 5.75 Å². The molecule has 0 aliphatic carbocycles. The van der Waals surface area contributed by atoms with E-state index < -0.39 is 0 Å². The van der Waals surface area contributed by atoms with Gasteiger partial charge >= 0.3 is 0 Å². The molecule has 1 aliphatic heterocycles. The van der Waals surface area contributed by atoms with E-state index in [0.29, 0.717) is 5.11 Å². The standard InChI is InChI=1S/C31H33N5O3S/c1-19-15-23(12-13-26(19)33-28(37)18-38-4)36-30(29(34-31(36)40)27-11-6-7-14-32-27)25-16-20(2)35(21(25)3)22-9-8-10-24(17-22)39-5/h6-17,29-30H,18H2,1-5H3,(H,33,37)(H,34,40)/t29-,30-/m1/s1. The Labute approximate surface area is 239 Å². The zero-order chi connectivity index (χ0) is 28.4. The van der Waals surface area contributed by atoms with Gasteiger partial charge in [-0.1, -0.05) is 12.1 Å². The van der Waals surface area contributed by atoms with Gasteiger partial charge in [-0.2, -0.15) is 0 Å². The molecular weight excluding hydrogens is 522 g/mol. The lowest BCUT2D eigenvalue weighted by molar-refractivity contribution is -0.119. The summed E-state index contributed by atoms with van der Waals surface area (Å²) in [6.45, 7) is 6.21. The fourth-order valence-electron chi connectivity index (χ4n) is 5.44. The lowest BCUT2D eigenvalue weighted by Crippen LogP contribution is -2.29. The van der Waals surface area contributed by atoms with Crippen molar-refractivity contribution >= 4 is 34.6 Å². The fraction of sp³-hybridized carbons (Fsp3) is 0.258. The number of methoxy groups -OCH3 is 2. The average molecular weight is 556 g/mol. The predicted molar refractivity (Wildman–Crippen MR) is 161 cm³/mol. The smallest absolute Gasteiger partial charge is 0.250 e. The van der Waals surface area contributed by atoms with Gasteiger partial charge in [0.05, 0.1) is 24.9 Å². The van der Waals surface area contributed by atoms with Gasteiger partial charge < -0.3 is 29.6 Å². The van der Waals surface area contributed by atoms with Crippen LogP contribution in [0.25, 0.3) is 5.69 Å². The summed E-state index contributed by atoms with van der Waals surface area (Å²) in [4.78, 5) is 19.0. The maximum Gasteiger partial charge on any atom is 0.250 e. The Morgan fingerprint density at radius 2 is 1.85 bits per heavy atom. The first kappa shape index (κ1) is 27.4. The summed E-state index contributed by atoms with van der Waals surface area (Å²) >= 11 is 5.94. The Morgan fingerprint density at radius 1 is 1.02 bits per heavy atom. The molecule has 8 nitrogen and oxygen atoms in total. The number of carbonyl (C=O) groups excluding carboxylic acids is 1. The third kappa shape index (κ3) is 5.17. The number of carbonyl (C=O) groups is 1. The quantitative estimate of drug-likeness (QED) is 0.275. The second-order valence-electron chi connectivity index (χ2n) is 9.84. The number of nitrogens with zero attached hydrogens (tertiary/aromatic N) is 3. The molecule has 4 aromatic rings. The minimum absolute atomic E-state index is 0.00193. The number of anilines is 2. The number of benzene rings is 2. The van der Waals surface area contributed by atoms with Crippen LogP contribution >= 0.6 is 12.2 Å². The van der Waals surface area contributed by atoms with Crippen LogP contribution in [0.2, 0.25) is 0 Å². The van der Waals surface area contributed by atoms with E-state index in [0.717, 1.165) is 51.0 Å². The van der Waals surface area contributed by atoms with Crippen molar-refractivity contribution < 1.29 is 14.3 Å². The number of ether oxygens (including phenoxy) is 2. The molecule has 0 saturated carbocycles. The average Bonchev–Trinajstić information content (AvgIpc) is 3.45. The van der Waals surface area contributed by atoms with Crippen molar-refractivity contribution in [1.82, 2.24) is 14.9 Å². The Morgan fingerprint density at radius 3 is 2.55 bits per heavy atom. The molecule has 0 unspecified atom stereocenters. The molecule has 3 heterocycles. The zero-order valence-electron chi connectivity index (χ0n) is 23.3. The van der Waals surface area contributed by atoms with Crippen LogP contribution in [-0.4, -0.2) is 41.4 Å². The Balaban J connectivity index is 1.61. The highest BCUT2D eigenvalue weighted by molar-refractivity contribution is 7.80. The van der Waals surface area contributed by atoms with E-state index in [1.54, 1.807) is 13.3 Å². The minimum atomic E-state index is -0.199. The molecule has 0 bridgehead atoms. The van der Waals surface area contributed by atoms with E-state index in [-0.39, 0.29) is 24.6 Å². The molecule has 2 aromatic heterocycles. The minimum Gasteiger partial charge on any atom is -0.497 e. The Bertz CT molecular complexity index is 1550. The molecule has 206 valence electrons. The molecule has 1 aliphatic rings. The fourth-order valence-corrected chi connectivity index (χ4v) is 5.78. The second kappa shape index (κ2) is 11.5. The van der Waals surface area contributed by atoms with Crippen LogP contribution < -0.4 is 20.3 Å². The summed E-state index contributed by atoms with van der Waals surface area (Å²) < 4.78 is 12.7. The molecule has 5 rings (SSSR count). The largest absolute Gasteiger partial charge is 0.497 e. The SMILES string of the molecule is COCC(=O)Nc1ccc(N2C(=S)N[C@H](c3ccccn3)[C@H]2c2cc(C)n(-c3cccc(OC)c3)c2C)cc1C. The molecule has 1 fully saturated rings. The van der Waals surface area contributed by atoms with Crippen LogP contribution in [0.15, 0.2) is 72.9 Å². The van der Waals surface area contributed by atoms with Crippen LogP contribution in [0.4, 0.5) is 11.4 Å². The summed E-state index contributed by atoms with van der Waals surface area (Å²) in [5.74, 6) is 0.603. The number of amides is 1. The van der Waals surface area contributed by atoms with Crippen molar-refractivity contribution in [1.29, 1.82) is 0 Å². The van der Waals surface area contributed by atoms with Gasteiger partial charge in [-0.15, -0.1) is 0 Å². The number of nitrogens with one attached hydrogen (secondary N) is 2. The second-order valence-corrected chi connectivity index (χ2v) is 10.2. The van der Waals surface area contributed by atoms with Gasteiger partial charge in [0.2, 0.25) is 5.91 Å². The highest BCUT2D eigenvalue weighted by Crippen LogP contribution is 2.44. The lowest BCUT2D eigenvalue weighted by atomic mass is 9.96. The molecule has 1 saturated heterocycles. The Hall–Kier alpha value is -4.21. The van der Waals surface area contributed by atoms with Crippen LogP contribution in [0, 0.1) is 20.8 Å². The van der Waals surface area contributed by atoms with Crippen LogP contribution in [-0.2, 0) is 9.53 Å². The number of aromatic nitrogens is 2. The van der Waals surface area contributed by atoms with E-state index >= 15 is 0 Å². The van der Waals surface area contributed by atoms with Crippen molar-refractivity contribution in [3.63, 3.8) is 0 Å². The molecule has 2 N–H and O–H groups in total. The number of thiocarbonyl (C=S) groups is 1. The maximum absolute atomic E-state index is 12.1. The molecule has 0 spiro atoms. The van der Waals surface area contributed by atoms with E-state index in [4.69, 9.17) is 21.7 Å². The van der Waals surface area contributed by atoms with Gasteiger partial charge in [0, 0.05) is 47.8 Å². The number of hydrogen-bond acceptors (Lipinski definition) is 5. The third-order valence-corrected chi connectivity index (χ3v) is 7.55. The maximum atomic E-state index is 12.1. The van der Waals surface area contributed by atoms with E-state index in [1.807, 2.05) is 61.5 Å². The van der Waals surface area contributed by atoms with E-state index in [1.165, 1.54) is 7.11 Å². The van der Waals surface area contributed by atoms with Crippen molar-refractivity contribution in [2.24, 2.45) is 0 Å². The van der Waals surface area contributed by atoms with Gasteiger partial charge in [-0.05, 0) is 92.6 Å². The predicted octanol–water partition coefficient (Wildman–Crippen LogP) is 5.57. The number of aryl methyl sites for hydroxylation is 2. The molecule has 0 radical (unpaired) electrons. The monoisotopic (exact) mass is 555 g/mol. The van der Waals surface area contributed by atoms with Crippen LogP contribution in [0.3, 0.4) is 0 Å². The van der Waals surface area contributed by atoms with Gasteiger partial charge in [0.1, 0.15) is 12.4 Å². The topological polar surface area (TPSA) is 80.7 Å². The highest BCUT2D eigenvalue weighted by Gasteiger charge is 2.42. The van der Waals surface area contributed by atoms with E-state index in [2.05, 4.69) is 51.1 Å². The summed E-state index contributed by atoms with van der Waals surface area (Å²) in [5, 5.41) is 7.07. The summed E-state index contributed by atoms with van der Waals surface area (Å²) in [6.07, 6.45) is 1.81. The molecule has 1 amide bonds. The van der Waals surface area contributed by atoms with E-state index in [9.17, 15) is 4.79 Å². The van der Waals surface area contributed by atoms with Crippen molar-refractivity contribution in [2.75, 3.05) is 31.0 Å². The summed E-state index contributed by atoms with van der Waals surface area (Å²) in [7, 11) is 3.18. The van der Waals surface area contributed by atoms with Crippen molar-refractivity contribution in [2.45, 2.75) is 32.9 Å². The van der Waals surface area contributed by atoms with Gasteiger partial charge in [0.25, 0.3) is 0 Å². The van der Waals surface area contributed by atoms with Crippen molar-refractivity contribution in [3.8, 4) is 11.4 Å². The molecular formula is C31H33N5O3S. The highest BCUT2D eigenvalue weighted by atomic mass is 32.1. The third-order valence-electron chi connectivity index (χ3n) is 7.24. The first-order valence-electron chi connectivity index (χ1n) is 13.1. The number of rotatable bonds is 8. The molecule has 9 heteroatoms.